The lowest BCUT2D eigenvalue weighted by molar-refractivity contribution is 0.0896. The third-order valence-electron chi connectivity index (χ3n) is 4.49. The van der Waals surface area contributed by atoms with Crippen LogP contribution in [-0.4, -0.2) is 26.2 Å². The maximum Gasteiger partial charge on any atom is 0.278 e. The van der Waals surface area contributed by atoms with Crippen LogP contribution < -0.4 is 5.32 Å². The molecule has 0 spiro atoms. The summed E-state index contributed by atoms with van der Waals surface area (Å²) in [6.07, 6.45) is 0.613. The zero-order chi connectivity index (χ0) is 18.7. The number of amides is 1. The zero-order valence-electron chi connectivity index (χ0n) is 15.4. The van der Waals surface area contributed by atoms with Crippen LogP contribution in [0.15, 0.2) is 40.9 Å². The average Bonchev–Trinajstić information content (AvgIpc) is 3.31. The van der Waals surface area contributed by atoms with Crippen LogP contribution in [0.1, 0.15) is 61.9 Å². The molecule has 2 heterocycles. The molecule has 0 aliphatic heterocycles. The van der Waals surface area contributed by atoms with Crippen molar-refractivity contribution in [3.8, 4) is 11.6 Å². The number of nitrogens with zero attached hydrogens (tertiary/aromatic N) is 3. The number of aromatic nitrogens is 4. The van der Waals surface area contributed by atoms with Crippen LogP contribution in [0.2, 0.25) is 0 Å². The first-order chi connectivity index (χ1) is 12.4. The maximum atomic E-state index is 12.5. The monoisotopic (exact) mass is 353 g/mol. The van der Waals surface area contributed by atoms with Crippen molar-refractivity contribution in [1.82, 2.24) is 25.7 Å². The number of nitrogens with one attached hydrogen (secondary N) is 2. The lowest BCUT2D eigenvalue weighted by Crippen LogP contribution is -2.43. The molecule has 7 heteroatoms. The van der Waals surface area contributed by atoms with Gasteiger partial charge in [-0.15, -0.1) is 0 Å². The third-order valence-corrected chi connectivity index (χ3v) is 4.49. The normalized spacial score (nSPS) is 13.6. The van der Waals surface area contributed by atoms with E-state index in [0.29, 0.717) is 35.3 Å². The van der Waals surface area contributed by atoms with Gasteiger partial charge in [0.05, 0.1) is 0 Å². The molecule has 1 atom stereocenters. The van der Waals surface area contributed by atoms with Crippen LogP contribution in [0, 0.1) is 0 Å². The molecular formula is C19H23N5O2. The Hall–Kier alpha value is -2.96. The van der Waals surface area contributed by atoms with E-state index in [0.717, 1.165) is 5.69 Å². The Kier molecular flexibility index (Phi) is 4.88. The minimum absolute atomic E-state index is 0.178. The molecule has 2 N–H and O–H groups in total. The van der Waals surface area contributed by atoms with Crippen molar-refractivity contribution in [3.63, 3.8) is 0 Å². The van der Waals surface area contributed by atoms with Gasteiger partial charge >= 0.3 is 0 Å². The van der Waals surface area contributed by atoms with Gasteiger partial charge in [-0.2, -0.15) is 10.1 Å². The van der Waals surface area contributed by atoms with Crippen LogP contribution in [0.5, 0.6) is 0 Å². The second-order valence-corrected chi connectivity index (χ2v) is 6.79. The van der Waals surface area contributed by atoms with Crippen LogP contribution in [0.4, 0.5) is 0 Å². The summed E-state index contributed by atoms with van der Waals surface area (Å²) in [6, 6.07) is 11.0. The summed E-state index contributed by atoms with van der Waals surface area (Å²) >= 11 is 0. The van der Waals surface area contributed by atoms with E-state index >= 15 is 0 Å². The van der Waals surface area contributed by atoms with Gasteiger partial charge in [-0.1, -0.05) is 44.1 Å². The van der Waals surface area contributed by atoms with Crippen molar-refractivity contribution in [1.29, 1.82) is 0 Å². The smallest absolute Gasteiger partial charge is 0.278 e. The lowest BCUT2D eigenvalue weighted by Gasteiger charge is -2.26. The molecule has 0 saturated carbocycles. The van der Waals surface area contributed by atoms with Gasteiger partial charge in [0.2, 0.25) is 0 Å². The SMILES string of the molecule is CC[C@](C)(NC(=O)c1ccccc1)c1noc(-c2cc(C(C)C)[nH]n2)n1. The van der Waals surface area contributed by atoms with Crippen molar-refractivity contribution < 1.29 is 9.32 Å². The summed E-state index contributed by atoms with van der Waals surface area (Å²) < 4.78 is 5.38. The largest absolute Gasteiger partial charge is 0.339 e. The Morgan fingerprint density at radius 1 is 1.31 bits per heavy atom. The molecule has 0 unspecified atom stereocenters. The van der Waals surface area contributed by atoms with E-state index in [4.69, 9.17) is 4.52 Å². The second-order valence-electron chi connectivity index (χ2n) is 6.79. The maximum absolute atomic E-state index is 12.5. The van der Waals surface area contributed by atoms with E-state index < -0.39 is 5.54 Å². The van der Waals surface area contributed by atoms with E-state index in [2.05, 4.69) is 39.5 Å². The molecule has 0 aliphatic carbocycles. The molecule has 0 radical (unpaired) electrons. The number of H-pyrrole nitrogens is 1. The van der Waals surface area contributed by atoms with Crippen LogP contribution in [-0.2, 0) is 5.54 Å². The van der Waals surface area contributed by atoms with Gasteiger partial charge < -0.3 is 9.84 Å². The highest BCUT2D eigenvalue weighted by Gasteiger charge is 2.33. The number of aromatic amines is 1. The first kappa shape index (κ1) is 17.8. The van der Waals surface area contributed by atoms with Crippen LogP contribution >= 0.6 is 0 Å². The second kappa shape index (κ2) is 7.11. The van der Waals surface area contributed by atoms with Crippen LogP contribution in [0.25, 0.3) is 11.6 Å². The number of hydrogen-bond donors (Lipinski definition) is 2. The van der Waals surface area contributed by atoms with Gasteiger partial charge in [-0.3, -0.25) is 9.89 Å². The van der Waals surface area contributed by atoms with Crippen molar-refractivity contribution >= 4 is 5.91 Å². The van der Waals surface area contributed by atoms with Crippen molar-refractivity contribution in [3.05, 3.63) is 53.5 Å². The highest BCUT2D eigenvalue weighted by Crippen LogP contribution is 2.26. The summed E-state index contributed by atoms with van der Waals surface area (Å²) in [5, 5.41) is 14.3. The highest BCUT2D eigenvalue weighted by molar-refractivity contribution is 5.94. The van der Waals surface area contributed by atoms with Gasteiger partial charge in [0.1, 0.15) is 5.54 Å². The van der Waals surface area contributed by atoms with E-state index in [9.17, 15) is 4.79 Å². The summed E-state index contributed by atoms with van der Waals surface area (Å²) in [7, 11) is 0. The predicted octanol–water partition coefficient (Wildman–Crippen LogP) is 3.64. The molecule has 26 heavy (non-hydrogen) atoms. The molecule has 1 amide bonds. The first-order valence-corrected chi connectivity index (χ1v) is 8.70. The third kappa shape index (κ3) is 3.51. The van der Waals surface area contributed by atoms with E-state index in [1.165, 1.54) is 0 Å². The number of rotatable bonds is 6. The molecule has 1 aromatic carbocycles. The summed E-state index contributed by atoms with van der Waals surface area (Å²) in [6.45, 7) is 7.99. The molecule has 7 nitrogen and oxygen atoms in total. The van der Waals surface area contributed by atoms with E-state index in [-0.39, 0.29) is 5.91 Å². The summed E-state index contributed by atoms with van der Waals surface area (Å²) in [5.74, 6) is 0.901. The van der Waals surface area contributed by atoms with Gasteiger partial charge in [0, 0.05) is 11.3 Å². The Balaban J connectivity index is 1.83. The number of hydrogen-bond acceptors (Lipinski definition) is 5. The molecular weight excluding hydrogens is 330 g/mol. The fourth-order valence-electron chi connectivity index (χ4n) is 2.51. The Bertz CT molecular complexity index is 884. The minimum atomic E-state index is -0.744. The van der Waals surface area contributed by atoms with Crippen molar-refractivity contribution in [2.75, 3.05) is 0 Å². The highest BCUT2D eigenvalue weighted by atomic mass is 16.5. The molecule has 3 aromatic rings. The Labute approximate surface area is 152 Å². The fraction of sp³-hybridized carbons (Fsp3) is 0.368. The molecule has 0 saturated heterocycles. The predicted molar refractivity (Wildman–Crippen MR) is 97.5 cm³/mol. The van der Waals surface area contributed by atoms with Gasteiger partial charge in [-0.25, -0.2) is 0 Å². The molecule has 136 valence electrons. The van der Waals surface area contributed by atoms with Crippen LogP contribution in [0.3, 0.4) is 0 Å². The van der Waals surface area contributed by atoms with Gasteiger partial charge in [0.15, 0.2) is 11.5 Å². The number of carbonyl (C=O) groups excluding carboxylic acids is 1. The van der Waals surface area contributed by atoms with Gasteiger partial charge in [-0.05, 0) is 37.5 Å². The first-order valence-electron chi connectivity index (χ1n) is 8.70. The van der Waals surface area contributed by atoms with E-state index in [1.54, 1.807) is 12.1 Å². The number of carbonyl (C=O) groups is 1. The summed E-state index contributed by atoms with van der Waals surface area (Å²) in [5.41, 5.74) is 1.44. The van der Waals surface area contributed by atoms with E-state index in [1.807, 2.05) is 38.1 Å². The lowest BCUT2D eigenvalue weighted by atomic mass is 9.97. The van der Waals surface area contributed by atoms with Gasteiger partial charge in [0.25, 0.3) is 11.8 Å². The molecule has 0 bridgehead atoms. The Morgan fingerprint density at radius 3 is 2.65 bits per heavy atom. The molecule has 0 fully saturated rings. The minimum Gasteiger partial charge on any atom is -0.339 e. The quantitative estimate of drug-likeness (QED) is 0.705. The summed E-state index contributed by atoms with van der Waals surface area (Å²) in [4.78, 5) is 17.0. The number of benzene rings is 1. The fourth-order valence-corrected chi connectivity index (χ4v) is 2.51. The van der Waals surface area contributed by atoms with Crippen molar-refractivity contribution in [2.24, 2.45) is 0 Å². The molecule has 3 rings (SSSR count). The average molecular weight is 353 g/mol. The molecule has 0 aliphatic rings. The Morgan fingerprint density at radius 2 is 2.04 bits per heavy atom. The zero-order valence-corrected chi connectivity index (χ0v) is 15.4. The standard InChI is InChI=1S/C19H23N5O2/c1-5-19(4,21-16(25)13-9-7-6-8-10-13)18-20-17(26-24-18)15-11-14(12(2)3)22-23-15/h6-12H,5H2,1-4H3,(H,21,25)(H,22,23)/t19-/m0/s1. The van der Waals surface area contributed by atoms with Crippen molar-refractivity contribution in [2.45, 2.75) is 45.6 Å². The molecule has 2 aromatic heterocycles. The topological polar surface area (TPSA) is 96.7 Å².